The molecule has 0 saturated carbocycles. The minimum atomic E-state index is -0.851. The van der Waals surface area contributed by atoms with Gasteiger partial charge in [0, 0.05) is 6.54 Å². The molecule has 3 aromatic rings. The van der Waals surface area contributed by atoms with Crippen LogP contribution in [0.5, 0.6) is 23.0 Å². The number of aliphatic hydroxyl groups is 1. The van der Waals surface area contributed by atoms with E-state index >= 15 is 0 Å². The van der Waals surface area contributed by atoms with Crippen molar-refractivity contribution in [1.29, 1.82) is 0 Å². The maximum atomic E-state index is 10.3. The second-order valence-electron chi connectivity index (χ2n) is 5.56. The van der Waals surface area contributed by atoms with Gasteiger partial charge in [0.15, 0.2) is 17.2 Å². The van der Waals surface area contributed by atoms with E-state index in [1.807, 2.05) is 54.6 Å². The standard InChI is InChI=1S/C20H19NO4/c22-17-11-10-14(12-18(17)23)19(24)13-21-16-8-4-5-9-20(16)25-15-6-2-1-3-7-15/h1-12,19,21-24H,13H2. The molecule has 3 aromatic carbocycles. The molecule has 0 aliphatic rings. The van der Waals surface area contributed by atoms with E-state index in [1.54, 1.807) is 6.07 Å². The molecule has 0 aliphatic carbocycles. The lowest BCUT2D eigenvalue weighted by atomic mass is 10.1. The zero-order valence-corrected chi connectivity index (χ0v) is 13.5. The number of phenols is 2. The van der Waals surface area contributed by atoms with Gasteiger partial charge in [-0.25, -0.2) is 0 Å². The van der Waals surface area contributed by atoms with E-state index in [1.165, 1.54) is 12.1 Å². The van der Waals surface area contributed by atoms with Gasteiger partial charge in [0.25, 0.3) is 0 Å². The lowest BCUT2D eigenvalue weighted by molar-refractivity contribution is 0.191. The average Bonchev–Trinajstić information content (AvgIpc) is 2.64. The molecule has 0 aliphatic heterocycles. The summed E-state index contributed by atoms with van der Waals surface area (Å²) in [4.78, 5) is 0. The van der Waals surface area contributed by atoms with E-state index in [-0.39, 0.29) is 18.0 Å². The third-order valence-corrected chi connectivity index (χ3v) is 3.73. The smallest absolute Gasteiger partial charge is 0.157 e. The molecule has 5 nitrogen and oxygen atoms in total. The van der Waals surface area contributed by atoms with Gasteiger partial charge in [-0.1, -0.05) is 36.4 Å². The van der Waals surface area contributed by atoms with Gasteiger partial charge in [0.05, 0.1) is 11.8 Å². The van der Waals surface area contributed by atoms with Gasteiger partial charge in [0.1, 0.15) is 5.75 Å². The Morgan fingerprint density at radius 3 is 2.32 bits per heavy atom. The molecule has 25 heavy (non-hydrogen) atoms. The summed E-state index contributed by atoms with van der Waals surface area (Å²) in [5.74, 6) is 0.894. The van der Waals surface area contributed by atoms with Crippen molar-refractivity contribution in [3.8, 4) is 23.0 Å². The number of ether oxygens (including phenoxy) is 1. The van der Waals surface area contributed by atoms with Crippen LogP contribution in [0, 0.1) is 0 Å². The summed E-state index contributed by atoms with van der Waals surface area (Å²) >= 11 is 0. The van der Waals surface area contributed by atoms with Crippen molar-refractivity contribution in [2.24, 2.45) is 0 Å². The zero-order chi connectivity index (χ0) is 17.6. The largest absolute Gasteiger partial charge is 0.504 e. The number of aliphatic hydroxyl groups excluding tert-OH is 1. The Labute approximate surface area is 145 Å². The summed E-state index contributed by atoms with van der Waals surface area (Å²) in [7, 11) is 0. The number of benzene rings is 3. The van der Waals surface area contributed by atoms with Crippen LogP contribution in [0.15, 0.2) is 72.8 Å². The topological polar surface area (TPSA) is 82.0 Å². The number of phenolic OH excluding ortho intramolecular Hbond substituents is 2. The molecule has 0 amide bonds. The fourth-order valence-electron chi connectivity index (χ4n) is 2.39. The Balaban J connectivity index is 1.69. The molecule has 1 atom stereocenters. The fourth-order valence-corrected chi connectivity index (χ4v) is 2.39. The van der Waals surface area contributed by atoms with Crippen molar-refractivity contribution in [3.05, 3.63) is 78.4 Å². The van der Waals surface area contributed by atoms with Gasteiger partial charge in [-0.15, -0.1) is 0 Å². The maximum Gasteiger partial charge on any atom is 0.157 e. The Morgan fingerprint density at radius 2 is 1.56 bits per heavy atom. The molecule has 0 radical (unpaired) electrons. The zero-order valence-electron chi connectivity index (χ0n) is 13.5. The third kappa shape index (κ3) is 4.22. The normalized spacial score (nSPS) is 11.7. The van der Waals surface area contributed by atoms with Crippen molar-refractivity contribution in [2.75, 3.05) is 11.9 Å². The molecule has 3 rings (SSSR count). The molecule has 0 fully saturated rings. The van der Waals surface area contributed by atoms with Crippen molar-refractivity contribution in [1.82, 2.24) is 0 Å². The van der Waals surface area contributed by atoms with Crippen LogP contribution in [0.1, 0.15) is 11.7 Å². The predicted octanol–water partition coefficient (Wildman–Crippen LogP) is 4.04. The van der Waals surface area contributed by atoms with Gasteiger partial charge < -0.3 is 25.4 Å². The van der Waals surface area contributed by atoms with E-state index < -0.39 is 6.10 Å². The summed E-state index contributed by atoms with van der Waals surface area (Å²) in [5, 5.41) is 32.3. The lowest BCUT2D eigenvalue weighted by Gasteiger charge is -2.16. The van der Waals surface area contributed by atoms with Crippen molar-refractivity contribution >= 4 is 5.69 Å². The summed E-state index contributed by atoms with van der Waals surface area (Å²) in [5.41, 5.74) is 1.25. The summed E-state index contributed by atoms with van der Waals surface area (Å²) in [6.45, 7) is 0.222. The predicted molar refractivity (Wildman–Crippen MR) is 96.2 cm³/mol. The first-order valence-corrected chi connectivity index (χ1v) is 7.89. The van der Waals surface area contributed by atoms with Crippen LogP contribution in [0.2, 0.25) is 0 Å². The van der Waals surface area contributed by atoms with Crippen LogP contribution in [-0.4, -0.2) is 21.9 Å². The van der Waals surface area contributed by atoms with Crippen LogP contribution in [0.25, 0.3) is 0 Å². The van der Waals surface area contributed by atoms with E-state index in [0.717, 1.165) is 11.4 Å². The molecule has 5 heteroatoms. The first-order chi connectivity index (χ1) is 12.1. The number of hydrogen-bond acceptors (Lipinski definition) is 5. The van der Waals surface area contributed by atoms with Crippen molar-refractivity contribution in [2.45, 2.75) is 6.10 Å². The number of rotatable bonds is 6. The quantitative estimate of drug-likeness (QED) is 0.511. The highest BCUT2D eigenvalue weighted by Gasteiger charge is 2.11. The highest BCUT2D eigenvalue weighted by Crippen LogP contribution is 2.31. The first-order valence-electron chi connectivity index (χ1n) is 7.89. The minimum absolute atomic E-state index is 0.217. The third-order valence-electron chi connectivity index (χ3n) is 3.73. The van der Waals surface area contributed by atoms with Crippen LogP contribution in [0.4, 0.5) is 5.69 Å². The van der Waals surface area contributed by atoms with Gasteiger partial charge in [-0.05, 0) is 42.0 Å². The highest BCUT2D eigenvalue weighted by atomic mass is 16.5. The molecule has 1 unspecified atom stereocenters. The lowest BCUT2D eigenvalue weighted by Crippen LogP contribution is -2.12. The second kappa shape index (κ2) is 7.59. The number of anilines is 1. The maximum absolute atomic E-state index is 10.3. The van der Waals surface area contributed by atoms with Gasteiger partial charge >= 0.3 is 0 Å². The molecule has 0 bridgehead atoms. The second-order valence-corrected chi connectivity index (χ2v) is 5.56. The van der Waals surface area contributed by atoms with Crippen LogP contribution < -0.4 is 10.1 Å². The Kier molecular flexibility index (Phi) is 5.06. The number of nitrogens with one attached hydrogen (secondary N) is 1. The van der Waals surface area contributed by atoms with Crippen LogP contribution in [-0.2, 0) is 0 Å². The first kappa shape index (κ1) is 16.7. The molecular weight excluding hydrogens is 318 g/mol. The monoisotopic (exact) mass is 337 g/mol. The van der Waals surface area contributed by atoms with E-state index in [4.69, 9.17) is 4.74 Å². The molecule has 0 aromatic heterocycles. The van der Waals surface area contributed by atoms with Gasteiger partial charge in [0.2, 0.25) is 0 Å². The summed E-state index contributed by atoms with van der Waals surface area (Å²) < 4.78 is 5.87. The molecule has 128 valence electrons. The Morgan fingerprint density at radius 1 is 0.840 bits per heavy atom. The van der Waals surface area contributed by atoms with Gasteiger partial charge in [-0.3, -0.25) is 0 Å². The van der Waals surface area contributed by atoms with E-state index in [0.29, 0.717) is 11.3 Å². The summed E-state index contributed by atoms with van der Waals surface area (Å²) in [6, 6.07) is 21.1. The molecule has 0 heterocycles. The Bertz CT molecular complexity index is 836. The summed E-state index contributed by atoms with van der Waals surface area (Å²) in [6.07, 6.45) is -0.851. The average molecular weight is 337 g/mol. The SMILES string of the molecule is Oc1ccc(C(O)CNc2ccccc2Oc2ccccc2)cc1O. The molecule has 0 saturated heterocycles. The molecular formula is C20H19NO4. The van der Waals surface area contributed by atoms with Crippen LogP contribution in [0.3, 0.4) is 0 Å². The minimum Gasteiger partial charge on any atom is -0.504 e. The van der Waals surface area contributed by atoms with Crippen molar-refractivity contribution < 1.29 is 20.1 Å². The van der Waals surface area contributed by atoms with Crippen LogP contribution >= 0.6 is 0 Å². The molecule has 4 N–H and O–H groups in total. The Hall–Kier alpha value is -3.18. The van der Waals surface area contributed by atoms with E-state index in [2.05, 4.69) is 5.32 Å². The van der Waals surface area contributed by atoms with Crippen molar-refractivity contribution in [3.63, 3.8) is 0 Å². The van der Waals surface area contributed by atoms with Gasteiger partial charge in [-0.2, -0.15) is 0 Å². The number of aromatic hydroxyl groups is 2. The van der Waals surface area contributed by atoms with E-state index in [9.17, 15) is 15.3 Å². The number of para-hydroxylation sites is 3. The fraction of sp³-hybridized carbons (Fsp3) is 0.100. The molecule has 0 spiro atoms. The highest BCUT2D eigenvalue weighted by molar-refractivity contribution is 5.57. The number of hydrogen-bond donors (Lipinski definition) is 4.